The van der Waals surface area contributed by atoms with Crippen LogP contribution in [0.3, 0.4) is 0 Å². The van der Waals surface area contributed by atoms with Gasteiger partial charge in [-0.25, -0.2) is 22.4 Å². The van der Waals surface area contributed by atoms with E-state index in [-0.39, 0.29) is 17.7 Å². The predicted molar refractivity (Wildman–Crippen MR) is 136 cm³/mol. The summed E-state index contributed by atoms with van der Waals surface area (Å²) < 4.78 is 28.9. The Morgan fingerprint density at radius 1 is 0.972 bits per heavy atom. The van der Waals surface area contributed by atoms with Crippen LogP contribution in [0.25, 0.3) is 33.3 Å². The second-order valence-electron chi connectivity index (χ2n) is 8.34. The molecule has 2 aromatic carbocycles. The van der Waals surface area contributed by atoms with Gasteiger partial charge in [0, 0.05) is 47.7 Å². The van der Waals surface area contributed by atoms with E-state index < -0.39 is 16.0 Å². The van der Waals surface area contributed by atoms with E-state index in [1.165, 1.54) is 10.2 Å². The number of hydrogen-bond acceptors (Lipinski definition) is 6. The van der Waals surface area contributed by atoms with Crippen LogP contribution >= 0.6 is 0 Å². The first kappa shape index (κ1) is 23.4. The minimum atomic E-state index is -3.99. The van der Waals surface area contributed by atoms with Crippen molar-refractivity contribution >= 4 is 26.9 Å². The molecule has 9 heteroatoms. The van der Waals surface area contributed by atoms with Gasteiger partial charge in [0.25, 0.3) is 10.0 Å². The molecule has 5 aromatic rings. The van der Waals surface area contributed by atoms with Crippen molar-refractivity contribution in [3.8, 4) is 22.4 Å². The van der Waals surface area contributed by atoms with Crippen LogP contribution in [-0.4, -0.2) is 38.4 Å². The Kier molecular flexibility index (Phi) is 6.07. The lowest BCUT2D eigenvalue weighted by molar-refractivity contribution is -0.136. The normalized spacial score (nSPS) is 11.6. The van der Waals surface area contributed by atoms with Gasteiger partial charge < -0.3 is 5.11 Å². The van der Waals surface area contributed by atoms with Gasteiger partial charge in [0.1, 0.15) is 5.82 Å². The monoisotopic (exact) mass is 498 g/mol. The van der Waals surface area contributed by atoms with E-state index in [0.29, 0.717) is 33.5 Å². The first-order valence-corrected chi connectivity index (χ1v) is 12.7. The summed E-state index contributed by atoms with van der Waals surface area (Å²) in [5.74, 6) is -0.361. The summed E-state index contributed by atoms with van der Waals surface area (Å²) in [6.45, 7) is 1.77. The fourth-order valence-electron chi connectivity index (χ4n) is 4.17. The van der Waals surface area contributed by atoms with Gasteiger partial charge >= 0.3 is 5.97 Å². The number of pyridine rings is 1. The van der Waals surface area contributed by atoms with Crippen molar-refractivity contribution in [2.24, 2.45) is 0 Å². The third-order valence-corrected chi connectivity index (χ3v) is 7.59. The Morgan fingerprint density at radius 2 is 1.81 bits per heavy atom. The number of nitrogens with zero attached hydrogens (tertiary/aromatic N) is 4. The molecule has 0 bridgehead atoms. The molecule has 3 aromatic heterocycles. The molecule has 0 amide bonds. The zero-order valence-electron chi connectivity index (χ0n) is 19.4. The van der Waals surface area contributed by atoms with Crippen LogP contribution in [0.5, 0.6) is 0 Å². The van der Waals surface area contributed by atoms with E-state index >= 15 is 0 Å². The summed E-state index contributed by atoms with van der Waals surface area (Å²) in [6.07, 6.45) is 6.65. The lowest BCUT2D eigenvalue weighted by Crippen LogP contribution is -2.12. The zero-order chi connectivity index (χ0) is 25.3. The molecule has 180 valence electrons. The molecule has 0 fully saturated rings. The Balaban J connectivity index is 1.64. The summed E-state index contributed by atoms with van der Waals surface area (Å²) >= 11 is 0. The molecule has 5 rings (SSSR count). The van der Waals surface area contributed by atoms with E-state index in [9.17, 15) is 18.3 Å². The zero-order valence-corrected chi connectivity index (χ0v) is 20.2. The van der Waals surface area contributed by atoms with Gasteiger partial charge in [0.05, 0.1) is 16.1 Å². The average molecular weight is 499 g/mol. The summed E-state index contributed by atoms with van der Waals surface area (Å²) in [5.41, 5.74) is 4.15. The molecule has 0 aliphatic heterocycles. The van der Waals surface area contributed by atoms with Crippen molar-refractivity contribution in [2.45, 2.75) is 24.7 Å². The molecule has 0 aliphatic carbocycles. The second kappa shape index (κ2) is 9.35. The lowest BCUT2D eigenvalue weighted by Gasteiger charge is -2.10. The number of hydrogen-bond donors (Lipinski definition) is 1. The molecule has 8 nitrogen and oxygen atoms in total. The third-order valence-electron chi connectivity index (χ3n) is 5.92. The fourth-order valence-corrected chi connectivity index (χ4v) is 5.60. The number of rotatable bonds is 7. The Hall–Kier alpha value is -4.37. The van der Waals surface area contributed by atoms with Gasteiger partial charge in [-0.15, -0.1) is 0 Å². The number of fused-ring (bicyclic) bond motifs is 1. The number of carboxylic acid groups (broad SMARTS) is 1. The molecule has 0 radical (unpaired) electrons. The van der Waals surface area contributed by atoms with E-state index in [1.807, 2.05) is 24.3 Å². The van der Waals surface area contributed by atoms with Crippen molar-refractivity contribution in [3.05, 3.63) is 96.8 Å². The smallest absolute Gasteiger partial charge is 0.303 e. The number of aliphatic carboxylic acids is 1. The standard InChI is InChI=1S/C27H22N4O4S/c1-18-29-13-11-25(30-18)20-4-2-6-23(14-20)36(34,35)31-17-22(8-10-27(32)33)24-15-19(7-9-26(24)31)21-5-3-12-28-16-21/h2-7,9,11-17H,8,10H2,1H3,(H,32,33). The molecule has 0 atom stereocenters. The van der Waals surface area contributed by atoms with Crippen molar-refractivity contribution in [3.63, 3.8) is 0 Å². The van der Waals surface area contributed by atoms with Gasteiger partial charge in [0.2, 0.25) is 0 Å². The highest BCUT2D eigenvalue weighted by Crippen LogP contribution is 2.32. The number of carboxylic acids is 1. The van der Waals surface area contributed by atoms with Crippen LogP contribution in [-0.2, 0) is 21.2 Å². The summed E-state index contributed by atoms with van der Waals surface area (Å²) in [7, 11) is -3.99. The molecule has 36 heavy (non-hydrogen) atoms. The first-order chi connectivity index (χ1) is 17.3. The molecule has 3 heterocycles. The second-order valence-corrected chi connectivity index (χ2v) is 10.2. The van der Waals surface area contributed by atoms with Gasteiger partial charge in [0.15, 0.2) is 0 Å². The molecule has 0 saturated heterocycles. The van der Waals surface area contributed by atoms with Crippen molar-refractivity contribution in [2.75, 3.05) is 0 Å². The first-order valence-electron chi connectivity index (χ1n) is 11.2. The number of aryl methyl sites for hydroxylation is 2. The topological polar surface area (TPSA) is 115 Å². The molecule has 1 N–H and O–H groups in total. The van der Waals surface area contributed by atoms with Crippen LogP contribution in [0.1, 0.15) is 17.8 Å². The van der Waals surface area contributed by atoms with Crippen LogP contribution in [0.15, 0.2) is 90.3 Å². The molecular weight excluding hydrogens is 476 g/mol. The van der Waals surface area contributed by atoms with Crippen molar-refractivity contribution < 1.29 is 18.3 Å². The van der Waals surface area contributed by atoms with Crippen LogP contribution in [0.4, 0.5) is 0 Å². The van der Waals surface area contributed by atoms with Gasteiger partial charge in [-0.05, 0) is 60.9 Å². The Labute approximate surface area is 208 Å². The van der Waals surface area contributed by atoms with E-state index in [1.54, 1.807) is 61.9 Å². The molecule has 0 spiro atoms. The molecular formula is C27H22N4O4S. The van der Waals surface area contributed by atoms with Gasteiger partial charge in [-0.3, -0.25) is 9.78 Å². The number of aromatic nitrogens is 4. The van der Waals surface area contributed by atoms with Crippen LogP contribution < -0.4 is 0 Å². The quantitative estimate of drug-likeness (QED) is 0.345. The van der Waals surface area contributed by atoms with Crippen LogP contribution in [0, 0.1) is 6.92 Å². The maximum Gasteiger partial charge on any atom is 0.303 e. The number of benzene rings is 2. The summed E-state index contributed by atoms with van der Waals surface area (Å²) in [6, 6.07) is 17.5. The van der Waals surface area contributed by atoms with Gasteiger partial charge in [-0.2, -0.15) is 0 Å². The molecule has 0 aliphatic rings. The minimum Gasteiger partial charge on any atom is -0.481 e. The van der Waals surface area contributed by atoms with Crippen molar-refractivity contribution in [1.82, 2.24) is 18.9 Å². The average Bonchev–Trinajstić information content (AvgIpc) is 3.27. The minimum absolute atomic E-state index is 0.106. The highest BCUT2D eigenvalue weighted by molar-refractivity contribution is 7.90. The lowest BCUT2D eigenvalue weighted by atomic mass is 10.0. The van der Waals surface area contributed by atoms with E-state index in [0.717, 1.165) is 11.1 Å². The highest BCUT2D eigenvalue weighted by Gasteiger charge is 2.23. The maximum absolute atomic E-state index is 13.8. The SMILES string of the molecule is Cc1nccc(-c2cccc(S(=O)(=O)n3cc(CCC(=O)O)c4cc(-c5cccnc5)ccc43)c2)n1. The third kappa shape index (κ3) is 4.48. The highest BCUT2D eigenvalue weighted by atomic mass is 32.2. The van der Waals surface area contributed by atoms with Gasteiger partial charge in [-0.1, -0.05) is 24.3 Å². The number of carbonyl (C=O) groups is 1. The summed E-state index contributed by atoms with van der Waals surface area (Å²) in [5, 5.41) is 9.92. The molecule has 0 saturated carbocycles. The van der Waals surface area contributed by atoms with E-state index in [2.05, 4.69) is 15.0 Å². The Morgan fingerprint density at radius 3 is 2.56 bits per heavy atom. The largest absolute Gasteiger partial charge is 0.481 e. The maximum atomic E-state index is 13.8. The fraction of sp³-hybridized carbons (Fsp3) is 0.111. The predicted octanol–water partition coefficient (Wildman–Crippen LogP) is 4.72. The Bertz CT molecular complexity index is 1700. The van der Waals surface area contributed by atoms with E-state index in [4.69, 9.17) is 0 Å². The molecule has 0 unspecified atom stereocenters. The van der Waals surface area contributed by atoms with Crippen LogP contribution in [0.2, 0.25) is 0 Å². The van der Waals surface area contributed by atoms with Crippen molar-refractivity contribution in [1.29, 1.82) is 0 Å². The summed E-state index contributed by atoms with van der Waals surface area (Å²) in [4.78, 5) is 24.0.